The molecule has 1 aliphatic heterocycles. The van der Waals surface area contributed by atoms with Crippen LogP contribution in [0.4, 0.5) is 0 Å². The molecular formula is C26H35NO6S. The van der Waals surface area contributed by atoms with Crippen LogP contribution in [-0.2, 0) is 14.3 Å². The topological polar surface area (TPSA) is 83.4 Å². The van der Waals surface area contributed by atoms with Gasteiger partial charge in [0.25, 0.3) is 0 Å². The lowest BCUT2D eigenvalue weighted by molar-refractivity contribution is -0.145. The third-order valence-electron chi connectivity index (χ3n) is 6.30. The van der Waals surface area contributed by atoms with Crippen molar-refractivity contribution in [3.63, 3.8) is 0 Å². The first-order valence-electron chi connectivity index (χ1n) is 11.5. The molecule has 0 saturated heterocycles. The number of esters is 1. The van der Waals surface area contributed by atoms with Crippen molar-refractivity contribution in [3.05, 3.63) is 29.0 Å². The summed E-state index contributed by atoms with van der Waals surface area (Å²) in [5.41, 5.74) is 2.43. The van der Waals surface area contributed by atoms with Crippen LogP contribution in [0, 0.1) is 11.3 Å². The van der Waals surface area contributed by atoms with Crippen molar-refractivity contribution in [2.24, 2.45) is 16.3 Å². The Hall–Kier alpha value is -2.48. The van der Waals surface area contributed by atoms with Crippen molar-refractivity contribution >= 4 is 29.2 Å². The second kappa shape index (κ2) is 10.8. The fraction of sp³-hybridized carbons (Fsp3) is 0.577. The van der Waals surface area contributed by atoms with Crippen LogP contribution in [-0.4, -0.2) is 56.9 Å². The van der Waals surface area contributed by atoms with Gasteiger partial charge in [0, 0.05) is 46.7 Å². The summed E-state index contributed by atoms with van der Waals surface area (Å²) in [5, 5.41) is 0. The van der Waals surface area contributed by atoms with E-state index in [1.54, 1.807) is 45.2 Å². The third-order valence-corrected chi connectivity index (χ3v) is 7.17. The number of carbonyl (C=O) groups excluding carboxylic acids is 2. The van der Waals surface area contributed by atoms with E-state index in [-0.39, 0.29) is 17.2 Å². The van der Waals surface area contributed by atoms with Crippen molar-refractivity contribution in [1.82, 2.24) is 0 Å². The molecule has 0 amide bonds. The molecule has 0 saturated carbocycles. The number of rotatable bonds is 9. The number of aliphatic imine (C=N–C) groups is 1. The zero-order chi connectivity index (χ0) is 25.0. The molecule has 0 radical (unpaired) electrons. The highest BCUT2D eigenvalue weighted by Crippen LogP contribution is 2.51. The van der Waals surface area contributed by atoms with E-state index in [0.717, 1.165) is 17.2 Å². The van der Waals surface area contributed by atoms with Gasteiger partial charge in [0.15, 0.2) is 17.3 Å². The fourth-order valence-corrected chi connectivity index (χ4v) is 5.31. The Morgan fingerprint density at radius 2 is 1.74 bits per heavy atom. The van der Waals surface area contributed by atoms with E-state index in [0.29, 0.717) is 53.5 Å². The van der Waals surface area contributed by atoms with E-state index in [4.69, 9.17) is 23.9 Å². The average molecular weight is 490 g/mol. The largest absolute Gasteiger partial charge is 0.496 e. The monoisotopic (exact) mass is 489 g/mol. The maximum absolute atomic E-state index is 13.5. The molecule has 1 aliphatic carbocycles. The molecule has 2 atom stereocenters. The summed E-state index contributed by atoms with van der Waals surface area (Å²) in [6.07, 6.45) is 1.05. The number of hydrogen-bond acceptors (Lipinski definition) is 8. The van der Waals surface area contributed by atoms with E-state index in [9.17, 15) is 9.59 Å². The van der Waals surface area contributed by atoms with Gasteiger partial charge in [0.1, 0.15) is 18.3 Å². The number of thioether (sulfide) groups is 1. The van der Waals surface area contributed by atoms with Gasteiger partial charge in [-0.2, -0.15) is 11.8 Å². The van der Waals surface area contributed by atoms with E-state index in [1.165, 1.54) is 0 Å². The minimum Gasteiger partial charge on any atom is -0.496 e. The molecule has 7 nitrogen and oxygen atoms in total. The Morgan fingerprint density at radius 1 is 1.09 bits per heavy atom. The van der Waals surface area contributed by atoms with Crippen molar-refractivity contribution in [3.8, 4) is 17.2 Å². The second-order valence-corrected chi connectivity index (χ2v) is 10.7. The van der Waals surface area contributed by atoms with Crippen LogP contribution in [0.25, 0.3) is 0 Å². The van der Waals surface area contributed by atoms with Gasteiger partial charge in [-0.1, -0.05) is 20.8 Å². The molecule has 1 unspecified atom stereocenters. The molecule has 0 N–H and O–H groups in total. The first-order chi connectivity index (χ1) is 16.2. The van der Waals surface area contributed by atoms with Gasteiger partial charge in [0.2, 0.25) is 0 Å². The van der Waals surface area contributed by atoms with E-state index in [1.807, 2.05) is 6.92 Å². The molecule has 1 heterocycles. The number of allylic oxidation sites excluding steroid dienone is 2. The number of methoxy groups -OCH3 is 3. The van der Waals surface area contributed by atoms with Crippen LogP contribution in [0.3, 0.4) is 0 Å². The molecule has 0 aromatic heterocycles. The van der Waals surface area contributed by atoms with Gasteiger partial charge in [-0.05, 0) is 30.6 Å². The Morgan fingerprint density at radius 3 is 2.35 bits per heavy atom. The molecule has 0 spiro atoms. The lowest BCUT2D eigenvalue weighted by atomic mass is 9.66. The fourth-order valence-electron chi connectivity index (χ4n) is 4.82. The van der Waals surface area contributed by atoms with Gasteiger partial charge >= 0.3 is 5.97 Å². The predicted octanol–water partition coefficient (Wildman–Crippen LogP) is 4.83. The highest BCUT2D eigenvalue weighted by atomic mass is 32.2. The van der Waals surface area contributed by atoms with Crippen LogP contribution in [0.1, 0.15) is 52.0 Å². The zero-order valence-corrected chi connectivity index (χ0v) is 22.0. The Bertz CT molecular complexity index is 1010. The normalized spacial score (nSPS) is 21.5. The number of benzene rings is 1. The van der Waals surface area contributed by atoms with Gasteiger partial charge in [-0.25, -0.2) is 0 Å². The zero-order valence-electron chi connectivity index (χ0n) is 21.1. The van der Waals surface area contributed by atoms with Crippen molar-refractivity contribution in [1.29, 1.82) is 0 Å². The number of ketones is 1. The lowest BCUT2D eigenvalue weighted by Gasteiger charge is -2.39. The minimum absolute atomic E-state index is 0.00340. The maximum Gasteiger partial charge on any atom is 0.315 e. The predicted molar refractivity (Wildman–Crippen MR) is 134 cm³/mol. The molecule has 186 valence electrons. The average Bonchev–Trinajstić information content (AvgIpc) is 2.78. The molecule has 1 aromatic rings. The highest BCUT2D eigenvalue weighted by molar-refractivity contribution is 7.99. The SMILES string of the molecule is CCSCCOC(=O)C1C(C)=NC2=C(C(=O)CC(C)(C)C2)[C@@H]1c1cc(OC)c(OC)cc1OC. The summed E-state index contributed by atoms with van der Waals surface area (Å²) < 4.78 is 22.4. The number of carbonyl (C=O) groups is 2. The summed E-state index contributed by atoms with van der Waals surface area (Å²) in [6.45, 7) is 8.34. The van der Waals surface area contributed by atoms with Gasteiger partial charge in [-0.15, -0.1) is 0 Å². The van der Waals surface area contributed by atoms with Crippen LogP contribution in [0.5, 0.6) is 17.2 Å². The van der Waals surface area contributed by atoms with Crippen molar-refractivity contribution in [2.75, 3.05) is 39.4 Å². The van der Waals surface area contributed by atoms with Crippen LogP contribution < -0.4 is 14.2 Å². The molecule has 3 rings (SSSR count). The first-order valence-corrected chi connectivity index (χ1v) is 12.7. The number of ether oxygens (including phenoxy) is 4. The lowest BCUT2D eigenvalue weighted by Crippen LogP contribution is -2.39. The molecule has 1 aromatic carbocycles. The van der Waals surface area contributed by atoms with Gasteiger partial charge < -0.3 is 18.9 Å². The molecule has 34 heavy (non-hydrogen) atoms. The quantitative estimate of drug-likeness (QED) is 0.363. The molecular weight excluding hydrogens is 454 g/mol. The number of Topliss-reactive ketones (excluding diaryl/α,β-unsaturated/α-hetero) is 1. The third kappa shape index (κ3) is 5.27. The maximum atomic E-state index is 13.5. The molecule has 0 fully saturated rings. The van der Waals surface area contributed by atoms with E-state index >= 15 is 0 Å². The highest BCUT2D eigenvalue weighted by Gasteiger charge is 2.47. The van der Waals surface area contributed by atoms with E-state index < -0.39 is 11.8 Å². The molecule has 8 heteroatoms. The molecule has 2 aliphatic rings. The van der Waals surface area contributed by atoms with Gasteiger partial charge in [-0.3, -0.25) is 14.6 Å². The standard InChI is InChI=1S/C26H35NO6S/c1-8-34-10-9-33-25(29)22-15(2)27-17-13-26(3,4)14-18(28)24(17)23(22)16-11-20(31-6)21(32-7)12-19(16)30-5/h11-12,22-23H,8-10,13-14H2,1-7H3/t22?,23-/m1/s1. The van der Waals surface area contributed by atoms with Gasteiger partial charge in [0.05, 0.1) is 21.3 Å². The molecule has 0 bridgehead atoms. The van der Waals surface area contributed by atoms with E-state index in [2.05, 4.69) is 20.8 Å². The smallest absolute Gasteiger partial charge is 0.315 e. The van der Waals surface area contributed by atoms with Crippen molar-refractivity contribution < 1.29 is 28.5 Å². The van der Waals surface area contributed by atoms with Crippen LogP contribution in [0.2, 0.25) is 0 Å². The van der Waals surface area contributed by atoms with Crippen molar-refractivity contribution in [2.45, 2.75) is 46.5 Å². The first kappa shape index (κ1) is 26.1. The Labute approximate surface area is 206 Å². The summed E-state index contributed by atoms with van der Waals surface area (Å²) >= 11 is 1.71. The summed E-state index contributed by atoms with van der Waals surface area (Å²) in [4.78, 5) is 31.7. The summed E-state index contributed by atoms with van der Waals surface area (Å²) in [6, 6.07) is 3.53. The Balaban J connectivity index is 2.17. The number of nitrogens with zero attached hydrogens (tertiary/aromatic N) is 1. The van der Waals surface area contributed by atoms with Crippen LogP contribution >= 0.6 is 11.8 Å². The Kier molecular flexibility index (Phi) is 8.34. The summed E-state index contributed by atoms with van der Waals surface area (Å²) in [7, 11) is 4.67. The van der Waals surface area contributed by atoms with Crippen LogP contribution in [0.15, 0.2) is 28.4 Å². The second-order valence-electron chi connectivity index (χ2n) is 9.32. The number of hydrogen-bond donors (Lipinski definition) is 0. The summed E-state index contributed by atoms with van der Waals surface area (Å²) in [5.74, 6) is 1.49. The minimum atomic E-state index is -0.734.